The first-order chi connectivity index (χ1) is 13.2. The summed E-state index contributed by atoms with van der Waals surface area (Å²) in [4.78, 5) is 7.55. The molecule has 0 amide bonds. The molecule has 1 rings (SSSR count). The molecule has 2 radical (unpaired) electrons. The number of hydrogen-bond acceptors (Lipinski definition) is 5. The van der Waals surface area contributed by atoms with Crippen molar-refractivity contribution in [2.45, 2.75) is 64.3 Å². The SMILES string of the molecule is CCOC(OCC)[Si]CCCCCCCCN1CCN(CCN(C)C)CC1. The number of nitrogens with zero attached hydrogens (tertiary/aromatic N) is 3. The summed E-state index contributed by atoms with van der Waals surface area (Å²) in [5, 5.41) is 0. The van der Waals surface area contributed by atoms with E-state index in [2.05, 4.69) is 28.8 Å². The fourth-order valence-corrected chi connectivity index (χ4v) is 4.69. The van der Waals surface area contributed by atoms with E-state index in [1.54, 1.807) is 0 Å². The summed E-state index contributed by atoms with van der Waals surface area (Å²) >= 11 is 0. The highest BCUT2D eigenvalue weighted by molar-refractivity contribution is 6.36. The van der Waals surface area contributed by atoms with Gasteiger partial charge in [-0.15, -0.1) is 0 Å². The maximum Gasteiger partial charge on any atom is 0.137 e. The first-order valence-electron chi connectivity index (χ1n) is 11.2. The number of likely N-dealkylation sites (N-methyl/N-ethyl adjacent to an activating group) is 1. The van der Waals surface area contributed by atoms with Gasteiger partial charge >= 0.3 is 0 Å². The van der Waals surface area contributed by atoms with Crippen LogP contribution in [-0.2, 0) is 9.47 Å². The number of piperazine rings is 1. The van der Waals surface area contributed by atoms with Gasteiger partial charge in [0.15, 0.2) is 0 Å². The molecule has 1 heterocycles. The van der Waals surface area contributed by atoms with Crippen molar-refractivity contribution in [2.24, 2.45) is 0 Å². The van der Waals surface area contributed by atoms with Gasteiger partial charge < -0.3 is 19.3 Å². The summed E-state index contributed by atoms with van der Waals surface area (Å²) in [5.41, 5.74) is 0. The van der Waals surface area contributed by atoms with Gasteiger partial charge in [0, 0.05) is 52.5 Å². The van der Waals surface area contributed by atoms with E-state index < -0.39 is 0 Å². The predicted octanol–water partition coefficient (Wildman–Crippen LogP) is 2.99. The van der Waals surface area contributed by atoms with Gasteiger partial charge in [0.05, 0.1) is 0 Å². The fourth-order valence-electron chi connectivity index (χ4n) is 3.43. The molecule has 0 spiro atoms. The summed E-state index contributed by atoms with van der Waals surface area (Å²) in [5.74, 6) is 0.0448. The van der Waals surface area contributed by atoms with Crippen LogP contribution in [0.4, 0.5) is 0 Å². The average Bonchev–Trinajstić information content (AvgIpc) is 2.66. The van der Waals surface area contributed by atoms with Gasteiger partial charge in [-0.3, -0.25) is 4.90 Å². The van der Waals surface area contributed by atoms with E-state index in [1.165, 1.54) is 90.4 Å². The third-order valence-electron chi connectivity index (χ3n) is 5.18. The van der Waals surface area contributed by atoms with E-state index in [9.17, 15) is 0 Å². The fraction of sp³-hybridized carbons (Fsp3) is 1.00. The Labute approximate surface area is 171 Å². The number of ether oxygens (including phenoxy) is 2. The summed E-state index contributed by atoms with van der Waals surface area (Å²) in [6.45, 7) is 14.3. The van der Waals surface area contributed by atoms with Crippen molar-refractivity contribution in [1.29, 1.82) is 0 Å². The molecule has 6 heteroatoms. The van der Waals surface area contributed by atoms with Crippen LogP contribution in [0.1, 0.15) is 52.4 Å². The monoisotopic (exact) mass is 399 g/mol. The number of hydrogen-bond donors (Lipinski definition) is 0. The van der Waals surface area contributed by atoms with Crippen LogP contribution in [0, 0.1) is 0 Å². The van der Waals surface area contributed by atoms with Crippen molar-refractivity contribution < 1.29 is 9.47 Å². The first kappa shape index (κ1) is 25.1. The van der Waals surface area contributed by atoms with Crippen LogP contribution < -0.4 is 0 Å². The zero-order valence-corrected chi connectivity index (χ0v) is 19.5. The molecule has 27 heavy (non-hydrogen) atoms. The van der Waals surface area contributed by atoms with Crippen molar-refractivity contribution in [1.82, 2.24) is 14.7 Å². The molecule has 0 aromatic carbocycles. The molecule has 0 atom stereocenters. The molecule has 0 aromatic rings. The van der Waals surface area contributed by atoms with Crippen LogP contribution in [0.2, 0.25) is 6.04 Å². The lowest BCUT2D eigenvalue weighted by atomic mass is 10.1. The molecule has 1 fully saturated rings. The highest BCUT2D eigenvalue weighted by atomic mass is 28.2. The predicted molar refractivity (Wildman–Crippen MR) is 117 cm³/mol. The molecule has 0 aromatic heterocycles. The molecule has 1 aliphatic heterocycles. The van der Waals surface area contributed by atoms with Crippen molar-refractivity contribution in [3.05, 3.63) is 0 Å². The lowest BCUT2D eigenvalue weighted by Gasteiger charge is -2.35. The van der Waals surface area contributed by atoms with Crippen LogP contribution in [0.5, 0.6) is 0 Å². The Morgan fingerprint density at radius 1 is 0.778 bits per heavy atom. The van der Waals surface area contributed by atoms with Crippen LogP contribution in [0.15, 0.2) is 0 Å². The van der Waals surface area contributed by atoms with Crippen molar-refractivity contribution in [3.63, 3.8) is 0 Å². The molecule has 0 saturated carbocycles. The summed E-state index contributed by atoms with van der Waals surface area (Å²) in [6.07, 6.45) is 8.23. The van der Waals surface area contributed by atoms with Crippen LogP contribution >= 0.6 is 0 Å². The third-order valence-corrected chi connectivity index (χ3v) is 6.49. The van der Waals surface area contributed by atoms with Crippen LogP contribution in [0.3, 0.4) is 0 Å². The molecular weight excluding hydrogens is 354 g/mol. The Hall–Kier alpha value is 0.0169. The van der Waals surface area contributed by atoms with E-state index in [0.29, 0.717) is 0 Å². The second kappa shape index (κ2) is 16.9. The van der Waals surface area contributed by atoms with Crippen molar-refractivity contribution in [3.8, 4) is 0 Å². The molecule has 5 nitrogen and oxygen atoms in total. The summed E-state index contributed by atoms with van der Waals surface area (Å²) < 4.78 is 11.2. The van der Waals surface area contributed by atoms with Gasteiger partial charge in [0.1, 0.15) is 15.4 Å². The second-order valence-corrected chi connectivity index (χ2v) is 9.18. The van der Waals surface area contributed by atoms with Crippen LogP contribution in [-0.4, -0.2) is 103 Å². The highest BCUT2D eigenvalue weighted by Gasteiger charge is 2.16. The number of unbranched alkanes of at least 4 members (excludes halogenated alkanes) is 5. The minimum absolute atomic E-state index is 0.0448. The van der Waals surface area contributed by atoms with E-state index in [-0.39, 0.29) is 5.91 Å². The molecule has 0 N–H and O–H groups in total. The van der Waals surface area contributed by atoms with Crippen LogP contribution in [0.25, 0.3) is 0 Å². The molecule has 0 bridgehead atoms. The minimum Gasteiger partial charge on any atom is -0.357 e. The molecule has 1 aliphatic rings. The number of rotatable bonds is 17. The molecule has 0 unspecified atom stereocenters. The molecule has 0 aliphatic carbocycles. The van der Waals surface area contributed by atoms with Gasteiger partial charge in [-0.25, -0.2) is 0 Å². The van der Waals surface area contributed by atoms with Gasteiger partial charge in [-0.2, -0.15) is 0 Å². The Bertz CT molecular complexity index is 321. The highest BCUT2D eigenvalue weighted by Crippen LogP contribution is 2.10. The molecule has 1 saturated heterocycles. The van der Waals surface area contributed by atoms with E-state index in [4.69, 9.17) is 9.47 Å². The van der Waals surface area contributed by atoms with E-state index >= 15 is 0 Å². The average molecular weight is 400 g/mol. The molecular formula is C21H45N3O2Si. The zero-order chi connectivity index (χ0) is 19.7. The Balaban J connectivity index is 1.88. The maximum absolute atomic E-state index is 5.61. The third kappa shape index (κ3) is 13.8. The van der Waals surface area contributed by atoms with Gasteiger partial charge in [0.25, 0.3) is 0 Å². The summed E-state index contributed by atoms with van der Waals surface area (Å²) in [7, 11) is 5.11. The topological polar surface area (TPSA) is 28.2 Å². The largest absolute Gasteiger partial charge is 0.357 e. The van der Waals surface area contributed by atoms with Crippen molar-refractivity contribution in [2.75, 3.05) is 73.1 Å². The van der Waals surface area contributed by atoms with E-state index in [0.717, 1.165) is 22.7 Å². The Kier molecular flexibility index (Phi) is 15.7. The summed E-state index contributed by atoms with van der Waals surface area (Å²) in [6, 6.07) is 1.25. The van der Waals surface area contributed by atoms with Gasteiger partial charge in [-0.1, -0.05) is 38.1 Å². The molecule has 160 valence electrons. The minimum atomic E-state index is 0.0448. The maximum atomic E-state index is 5.61. The van der Waals surface area contributed by atoms with Crippen molar-refractivity contribution >= 4 is 9.52 Å². The Morgan fingerprint density at radius 3 is 1.85 bits per heavy atom. The smallest absolute Gasteiger partial charge is 0.137 e. The first-order valence-corrected chi connectivity index (χ1v) is 12.5. The lowest BCUT2D eigenvalue weighted by molar-refractivity contribution is -0.0827. The lowest BCUT2D eigenvalue weighted by Crippen LogP contribution is -2.48. The van der Waals surface area contributed by atoms with Gasteiger partial charge in [0.2, 0.25) is 0 Å². The normalized spacial score (nSPS) is 16.7. The Morgan fingerprint density at radius 2 is 1.30 bits per heavy atom. The zero-order valence-electron chi connectivity index (χ0n) is 18.5. The van der Waals surface area contributed by atoms with E-state index in [1.807, 2.05) is 13.8 Å². The van der Waals surface area contributed by atoms with Gasteiger partial charge in [-0.05, 0) is 40.9 Å². The quantitative estimate of drug-likeness (QED) is 0.213. The second-order valence-electron chi connectivity index (χ2n) is 7.80. The standard InChI is InChI=1S/C21H45N3O2Si/c1-5-25-21(26-6-2)27-20-12-10-8-7-9-11-13-23-16-18-24(19-17-23)15-14-22(3)4/h21H,5-20H2,1-4H3.